The molecule has 4 heterocycles. The summed E-state index contributed by atoms with van der Waals surface area (Å²) in [6.45, 7) is 3.03. The van der Waals surface area contributed by atoms with Gasteiger partial charge in [-0.05, 0) is 53.3 Å². The Kier molecular flexibility index (Phi) is 4.94. The molecule has 0 aliphatic carbocycles. The quantitative estimate of drug-likeness (QED) is 0.400. The monoisotopic (exact) mass is 526 g/mol. The highest BCUT2D eigenvalue weighted by atomic mass is 127. The maximum Gasteiger partial charge on any atom is 0.208 e. The fourth-order valence-electron chi connectivity index (χ4n) is 3.81. The van der Waals surface area contributed by atoms with Crippen molar-refractivity contribution < 1.29 is 9.13 Å². The topological polar surface area (TPSA) is 88.1 Å². The van der Waals surface area contributed by atoms with Gasteiger partial charge in [0.05, 0.1) is 19.0 Å². The number of pyridine rings is 1. The van der Waals surface area contributed by atoms with E-state index in [-0.39, 0.29) is 5.69 Å². The minimum Gasteiger partial charge on any atom is -0.493 e. The number of halogens is 2. The molecule has 7 nitrogen and oxygen atoms in total. The van der Waals surface area contributed by atoms with Crippen molar-refractivity contribution >= 4 is 34.2 Å². The van der Waals surface area contributed by atoms with Gasteiger partial charge in [0.2, 0.25) is 5.95 Å². The van der Waals surface area contributed by atoms with Gasteiger partial charge in [-0.2, -0.15) is 5.26 Å². The summed E-state index contributed by atoms with van der Waals surface area (Å²) in [6, 6.07) is 7.52. The van der Waals surface area contributed by atoms with E-state index in [0.29, 0.717) is 41.6 Å². The number of ether oxygens (including phenoxy) is 1. The number of hydrogen-bond donors (Lipinski definition) is 1. The maximum absolute atomic E-state index is 13.9. The normalized spacial score (nSPS) is 12.5. The first kappa shape index (κ1) is 19.7. The van der Waals surface area contributed by atoms with E-state index in [1.165, 1.54) is 23.4 Å². The van der Waals surface area contributed by atoms with Crippen molar-refractivity contribution in [3.8, 4) is 22.9 Å². The van der Waals surface area contributed by atoms with Crippen LogP contribution in [0, 0.1) is 27.6 Å². The number of aryl methyl sites for hydroxylation is 1. The maximum atomic E-state index is 13.9. The first-order chi connectivity index (χ1) is 15.0. The fraction of sp³-hybridized carbons (Fsp3) is 0.182. The highest BCUT2D eigenvalue weighted by Gasteiger charge is 2.20. The zero-order valence-corrected chi connectivity index (χ0v) is 18.6. The predicted molar refractivity (Wildman–Crippen MR) is 121 cm³/mol. The molecule has 0 spiro atoms. The standard InChI is InChI=1S/C22H16FIN6O/c1-12-16(6-13(23)8-26-12)18-10-28-22(30-11-14(7-25)29-21(18)30)27-9-17-15-4-5-31-20(15)3-2-19(17)24/h2-3,6,8,10-11H,4-5,9H2,1H3,(H,27,28). The average molecular weight is 526 g/mol. The molecule has 1 aromatic carbocycles. The number of imidazole rings is 1. The average Bonchev–Trinajstić information content (AvgIpc) is 3.42. The Labute approximate surface area is 191 Å². The molecule has 1 aliphatic heterocycles. The Hall–Kier alpha value is -3.26. The smallest absolute Gasteiger partial charge is 0.208 e. The summed E-state index contributed by atoms with van der Waals surface area (Å²) in [4.78, 5) is 13.1. The Balaban J connectivity index is 1.57. The van der Waals surface area contributed by atoms with Crippen molar-refractivity contribution in [1.82, 2.24) is 19.4 Å². The van der Waals surface area contributed by atoms with Crippen molar-refractivity contribution in [2.75, 3.05) is 11.9 Å². The van der Waals surface area contributed by atoms with E-state index >= 15 is 0 Å². The Bertz CT molecular complexity index is 1380. The van der Waals surface area contributed by atoms with Gasteiger partial charge in [-0.1, -0.05) is 0 Å². The number of fused-ring (bicyclic) bond motifs is 2. The summed E-state index contributed by atoms with van der Waals surface area (Å²) in [6.07, 6.45) is 5.31. The lowest BCUT2D eigenvalue weighted by molar-refractivity contribution is 0.357. The lowest BCUT2D eigenvalue weighted by Gasteiger charge is -2.14. The van der Waals surface area contributed by atoms with Crippen molar-refractivity contribution in [2.45, 2.75) is 19.9 Å². The molecule has 0 atom stereocenters. The third-order valence-corrected chi connectivity index (χ3v) is 6.32. The van der Waals surface area contributed by atoms with Crippen LogP contribution in [0.15, 0.2) is 36.8 Å². The largest absolute Gasteiger partial charge is 0.493 e. The van der Waals surface area contributed by atoms with Crippen LogP contribution in [-0.2, 0) is 13.0 Å². The van der Waals surface area contributed by atoms with Gasteiger partial charge >= 0.3 is 0 Å². The number of benzene rings is 1. The minimum absolute atomic E-state index is 0.253. The van der Waals surface area contributed by atoms with E-state index in [4.69, 9.17) is 4.74 Å². The van der Waals surface area contributed by atoms with Gasteiger partial charge in [-0.25, -0.2) is 14.4 Å². The van der Waals surface area contributed by atoms with Crippen molar-refractivity contribution in [3.63, 3.8) is 0 Å². The number of nitriles is 1. The van der Waals surface area contributed by atoms with Crippen molar-refractivity contribution in [2.24, 2.45) is 0 Å². The second-order valence-electron chi connectivity index (χ2n) is 7.17. The zero-order chi connectivity index (χ0) is 21.5. The number of nitrogens with one attached hydrogen (secondary N) is 1. The van der Waals surface area contributed by atoms with Gasteiger partial charge in [-0.3, -0.25) is 9.38 Å². The van der Waals surface area contributed by atoms with E-state index in [1.54, 1.807) is 23.7 Å². The zero-order valence-electron chi connectivity index (χ0n) is 16.5. The molecule has 31 heavy (non-hydrogen) atoms. The van der Waals surface area contributed by atoms with Crippen LogP contribution in [-0.4, -0.2) is 26.0 Å². The molecule has 0 saturated carbocycles. The molecule has 5 rings (SSSR count). The van der Waals surface area contributed by atoms with Crippen LogP contribution < -0.4 is 10.1 Å². The van der Waals surface area contributed by atoms with E-state index in [0.717, 1.165) is 15.7 Å². The molecule has 3 aromatic heterocycles. The fourth-order valence-corrected chi connectivity index (χ4v) is 4.50. The second-order valence-corrected chi connectivity index (χ2v) is 8.33. The van der Waals surface area contributed by atoms with Gasteiger partial charge in [-0.15, -0.1) is 0 Å². The highest BCUT2D eigenvalue weighted by Crippen LogP contribution is 2.32. The number of aromatic nitrogens is 4. The second kappa shape index (κ2) is 7.77. The molecule has 0 unspecified atom stereocenters. The predicted octanol–water partition coefficient (Wildman–Crippen LogP) is 4.26. The molecule has 1 aliphatic rings. The summed E-state index contributed by atoms with van der Waals surface area (Å²) >= 11 is 2.32. The van der Waals surface area contributed by atoms with Crippen LogP contribution in [0.25, 0.3) is 16.8 Å². The van der Waals surface area contributed by atoms with E-state index < -0.39 is 5.82 Å². The molecule has 0 amide bonds. The van der Waals surface area contributed by atoms with E-state index in [2.05, 4.69) is 48.9 Å². The molecule has 154 valence electrons. The number of rotatable bonds is 4. The van der Waals surface area contributed by atoms with Gasteiger partial charge < -0.3 is 10.1 Å². The van der Waals surface area contributed by atoms with Crippen molar-refractivity contribution in [1.29, 1.82) is 5.26 Å². The van der Waals surface area contributed by atoms with Crippen molar-refractivity contribution in [3.05, 3.63) is 68.7 Å². The first-order valence-electron chi connectivity index (χ1n) is 9.63. The highest BCUT2D eigenvalue weighted by molar-refractivity contribution is 14.1. The van der Waals surface area contributed by atoms with Crippen LogP contribution in [0.2, 0.25) is 0 Å². The molecular weight excluding hydrogens is 510 g/mol. The molecule has 0 fully saturated rings. The van der Waals surface area contributed by atoms with E-state index in [1.807, 2.05) is 12.1 Å². The lowest BCUT2D eigenvalue weighted by atomic mass is 10.1. The summed E-state index contributed by atoms with van der Waals surface area (Å²) in [5, 5.41) is 12.8. The third-order valence-electron chi connectivity index (χ3n) is 5.31. The number of anilines is 1. The van der Waals surface area contributed by atoms with Crippen LogP contribution in [0.4, 0.5) is 10.3 Å². The molecule has 0 radical (unpaired) electrons. The van der Waals surface area contributed by atoms with E-state index in [9.17, 15) is 9.65 Å². The van der Waals surface area contributed by atoms with Crippen LogP contribution in [0.1, 0.15) is 22.5 Å². The summed E-state index contributed by atoms with van der Waals surface area (Å²) in [5.41, 5.74) is 5.00. The third kappa shape index (κ3) is 3.46. The molecule has 9 heteroatoms. The van der Waals surface area contributed by atoms with Gasteiger partial charge in [0.15, 0.2) is 11.3 Å². The number of hydrogen-bond acceptors (Lipinski definition) is 6. The van der Waals surface area contributed by atoms with Gasteiger partial charge in [0.25, 0.3) is 0 Å². The Morgan fingerprint density at radius 1 is 1.29 bits per heavy atom. The first-order valence-corrected chi connectivity index (χ1v) is 10.7. The molecule has 0 bridgehead atoms. The summed E-state index contributed by atoms with van der Waals surface area (Å²) in [7, 11) is 0. The molecular formula is C22H16FIN6O. The van der Waals surface area contributed by atoms with Crippen LogP contribution in [0.5, 0.6) is 5.75 Å². The lowest BCUT2D eigenvalue weighted by Crippen LogP contribution is -2.09. The molecule has 4 aromatic rings. The molecule has 1 N–H and O–H groups in total. The number of nitrogens with zero attached hydrogens (tertiary/aromatic N) is 5. The van der Waals surface area contributed by atoms with Gasteiger partial charge in [0.1, 0.15) is 17.6 Å². The Morgan fingerprint density at radius 3 is 3.00 bits per heavy atom. The minimum atomic E-state index is -0.442. The summed E-state index contributed by atoms with van der Waals surface area (Å²) < 4.78 is 22.4. The Morgan fingerprint density at radius 2 is 2.16 bits per heavy atom. The SMILES string of the molecule is Cc1ncc(F)cc1-c1cnc(NCc2c(I)ccc3c2CCO3)n2cc(C#N)nc12. The van der Waals surface area contributed by atoms with Gasteiger partial charge in [0, 0.05) is 45.1 Å². The van der Waals surface area contributed by atoms with Crippen LogP contribution in [0.3, 0.4) is 0 Å². The summed E-state index contributed by atoms with van der Waals surface area (Å²) in [5.74, 6) is 1.03. The van der Waals surface area contributed by atoms with Crippen LogP contribution >= 0.6 is 22.6 Å². The molecule has 0 saturated heterocycles.